The Morgan fingerprint density at radius 2 is 2.11 bits per heavy atom. The molecule has 1 aromatic carbocycles. The van der Waals surface area contributed by atoms with Crippen LogP contribution in [0.25, 0.3) is 0 Å². The Kier molecular flexibility index (Phi) is 4.84. The first-order chi connectivity index (χ1) is 8.60. The third kappa shape index (κ3) is 3.35. The van der Waals surface area contributed by atoms with Crippen LogP contribution >= 0.6 is 43.2 Å². The van der Waals surface area contributed by atoms with Crippen LogP contribution in [-0.2, 0) is 0 Å². The first kappa shape index (κ1) is 14.1. The summed E-state index contributed by atoms with van der Waals surface area (Å²) in [6.45, 7) is 2.13. The summed E-state index contributed by atoms with van der Waals surface area (Å²) in [6, 6.07) is 9.92. The van der Waals surface area contributed by atoms with Gasteiger partial charge in [0.25, 0.3) is 0 Å². The Labute approximate surface area is 127 Å². The Balaban J connectivity index is 2.19. The third-order valence-corrected chi connectivity index (χ3v) is 5.31. The Morgan fingerprint density at radius 1 is 1.33 bits per heavy atom. The lowest BCUT2D eigenvalue weighted by Gasteiger charge is -2.16. The van der Waals surface area contributed by atoms with E-state index in [4.69, 9.17) is 0 Å². The van der Waals surface area contributed by atoms with E-state index < -0.39 is 0 Å². The normalized spacial score (nSPS) is 12.4. The van der Waals surface area contributed by atoms with E-state index in [-0.39, 0.29) is 12.6 Å². The van der Waals surface area contributed by atoms with E-state index in [2.05, 4.69) is 50.2 Å². The number of halogens is 2. The molecule has 1 heterocycles. The summed E-state index contributed by atoms with van der Waals surface area (Å²) in [7, 11) is 0. The fourth-order valence-electron chi connectivity index (χ4n) is 1.64. The molecule has 0 saturated heterocycles. The van der Waals surface area contributed by atoms with E-state index in [1.165, 1.54) is 4.88 Å². The lowest BCUT2D eigenvalue weighted by atomic mass is 10.2. The monoisotopic (exact) mass is 389 g/mol. The highest BCUT2D eigenvalue weighted by atomic mass is 79.9. The second-order valence-electron chi connectivity index (χ2n) is 3.94. The number of aliphatic hydroxyl groups is 1. The van der Waals surface area contributed by atoms with E-state index in [9.17, 15) is 5.11 Å². The standard InChI is InChI=1S/C13H13Br2NOS/c1-8-11(15)6-13(18-8)12(7-17)16-10-4-2-3-9(14)5-10/h2-6,12,16-17H,7H2,1H3. The van der Waals surface area contributed by atoms with Gasteiger partial charge >= 0.3 is 0 Å². The molecule has 1 atom stereocenters. The maximum absolute atomic E-state index is 9.53. The molecule has 96 valence electrons. The van der Waals surface area contributed by atoms with Gasteiger partial charge in [0.2, 0.25) is 0 Å². The van der Waals surface area contributed by atoms with Gasteiger partial charge in [-0.2, -0.15) is 0 Å². The van der Waals surface area contributed by atoms with E-state index in [0.717, 1.165) is 19.5 Å². The van der Waals surface area contributed by atoms with Gasteiger partial charge in [0.05, 0.1) is 12.6 Å². The van der Waals surface area contributed by atoms with Gasteiger partial charge in [-0.3, -0.25) is 0 Å². The first-order valence-electron chi connectivity index (χ1n) is 5.49. The molecule has 0 radical (unpaired) electrons. The molecule has 1 unspecified atom stereocenters. The van der Waals surface area contributed by atoms with E-state index >= 15 is 0 Å². The summed E-state index contributed by atoms with van der Waals surface area (Å²) in [4.78, 5) is 2.35. The predicted octanol–water partition coefficient (Wildman–Crippen LogP) is 4.73. The fraction of sp³-hybridized carbons (Fsp3) is 0.231. The Bertz CT molecular complexity index is 522. The zero-order valence-electron chi connectivity index (χ0n) is 9.78. The quantitative estimate of drug-likeness (QED) is 0.790. The number of hydrogen-bond acceptors (Lipinski definition) is 3. The number of anilines is 1. The van der Waals surface area contributed by atoms with Crippen molar-refractivity contribution in [2.75, 3.05) is 11.9 Å². The molecule has 0 aliphatic carbocycles. The predicted molar refractivity (Wildman–Crippen MR) is 84.3 cm³/mol. The highest BCUT2D eigenvalue weighted by Crippen LogP contribution is 2.32. The van der Waals surface area contributed by atoms with Crippen LogP contribution in [0.4, 0.5) is 5.69 Å². The molecule has 18 heavy (non-hydrogen) atoms. The van der Waals surface area contributed by atoms with Crippen LogP contribution in [0.5, 0.6) is 0 Å². The molecule has 0 amide bonds. The van der Waals surface area contributed by atoms with Crippen molar-refractivity contribution in [3.63, 3.8) is 0 Å². The molecule has 0 aliphatic rings. The molecule has 2 rings (SSSR count). The largest absolute Gasteiger partial charge is 0.394 e. The Hall–Kier alpha value is -0.360. The van der Waals surface area contributed by atoms with Gasteiger partial charge in [-0.15, -0.1) is 11.3 Å². The second kappa shape index (κ2) is 6.19. The molecular formula is C13H13Br2NOS. The van der Waals surface area contributed by atoms with E-state index in [0.29, 0.717) is 0 Å². The molecule has 0 spiro atoms. The average molecular weight is 391 g/mol. The van der Waals surface area contributed by atoms with Crippen molar-refractivity contribution in [3.05, 3.63) is 49.0 Å². The van der Waals surface area contributed by atoms with Crippen molar-refractivity contribution in [1.29, 1.82) is 0 Å². The van der Waals surface area contributed by atoms with Crippen LogP contribution < -0.4 is 5.32 Å². The van der Waals surface area contributed by atoms with Crippen LogP contribution in [0.3, 0.4) is 0 Å². The van der Waals surface area contributed by atoms with Crippen molar-refractivity contribution < 1.29 is 5.11 Å². The molecule has 0 fully saturated rings. The average Bonchev–Trinajstić information content (AvgIpc) is 2.66. The Morgan fingerprint density at radius 3 is 2.67 bits per heavy atom. The first-order valence-corrected chi connectivity index (χ1v) is 7.89. The minimum Gasteiger partial charge on any atom is -0.394 e. The van der Waals surface area contributed by atoms with Crippen molar-refractivity contribution >= 4 is 48.9 Å². The summed E-state index contributed by atoms with van der Waals surface area (Å²) < 4.78 is 2.12. The molecule has 2 aromatic rings. The zero-order valence-corrected chi connectivity index (χ0v) is 13.8. The number of nitrogens with one attached hydrogen (secondary N) is 1. The second-order valence-corrected chi connectivity index (χ2v) is 7.00. The number of aliphatic hydroxyl groups excluding tert-OH is 1. The van der Waals surface area contributed by atoms with Gasteiger partial charge in [-0.05, 0) is 47.1 Å². The summed E-state index contributed by atoms with van der Waals surface area (Å²) in [5, 5.41) is 12.9. The number of benzene rings is 1. The van der Waals surface area contributed by atoms with Crippen molar-refractivity contribution in [1.82, 2.24) is 0 Å². The van der Waals surface area contributed by atoms with E-state index in [1.54, 1.807) is 11.3 Å². The zero-order chi connectivity index (χ0) is 13.1. The van der Waals surface area contributed by atoms with Crippen molar-refractivity contribution in [2.45, 2.75) is 13.0 Å². The molecule has 0 bridgehead atoms. The summed E-state index contributed by atoms with van der Waals surface area (Å²) in [5.74, 6) is 0. The van der Waals surface area contributed by atoms with Gasteiger partial charge < -0.3 is 10.4 Å². The highest BCUT2D eigenvalue weighted by Gasteiger charge is 2.14. The SMILES string of the molecule is Cc1sc(C(CO)Nc2cccc(Br)c2)cc1Br. The topological polar surface area (TPSA) is 32.3 Å². The molecule has 2 nitrogen and oxygen atoms in total. The smallest absolute Gasteiger partial charge is 0.0838 e. The highest BCUT2D eigenvalue weighted by molar-refractivity contribution is 9.10. The molecule has 2 N–H and O–H groups in total. The molecule has 0 aliphatic heterocycles. The van der Waals surface area contributed by atoms with Crippen LogP contribution in [0.1, 0.15) is 15.8 Å². The lowest BCUT2D eigenvalue weighted by Crippen LogP contribution is -2.13. The van der Waals surface area contributed by atoms with Crippen LogP contribution in [0, 0.1) is 6.92 Å². The van der Waals surface area contributed by atoms with E-state index in [1.807, 2.05) is 24.3 Å². The number of rotatable bonds is 4. The molecule has 1 aromatic heterocycles. The number of aryl methyl sites for hydroxylation is 1. The summed E-state index contributed by atoms with van der Waals surface area (Å²) in [5.41, 5.74) is 0.991. The van der Waals surface area contributed by atoms with Gasteiger partial charge in [0.1, 0.15) is 0 Å². The van der Waals surface area contributed by atoms with Crippen LogP contribution in [0.15, 0.2) is 39.3 Å². The number of thiophene rings is 1. The van der Waals surface area contributed by atoms with Gasteiger partial charge in [0.15, 0.2) is 0 Å². The minimum absolute atomic E-state index is 0.0684. The van der Waals surface area contributed by atoms with Crippen LogP contribution in [-0.4, -0.2) is 11.7 Å². The van der Waals surface area contributed by atoms with Crippen molar-refractivity contribution in [2.24, 2.45) is 0 Å². The van der Waals surface area contributed by atoms with Gasteiger partial charge in [-0.25, -0.2) is 0 Å². The minimum atomic E-state index is -0.0747. The third-order valence-electron chi connectivity index (χ3n) is 2.57. The molecule has 0 saturated carbocycles. The maximum Gasteiger partial charge on any atom is 0.0838 e. The number of hydrogen-bond donors (Lipinski definition) is 2. The maximum atomic E-state index is 9.53. The van der Waals surface area contributed by atoms with Crippen molar-refractivity contribution in [3.8, 4) is 0 Å². The molecule has 5 heteroatoms. The lowest BCUT2D eigenvalue weighted by molar-refractivity contribution is 0.278. The van der Waals surface area contributed by atoms with Crippen LogP contribution in [0.2, 0.25) is 0 Å². The van der Waals surface area contributed by atoms with Gasteiger partial charge in [0, 0.05) is 24.4 Å². The fourth-order valence-corrected chi connectivity index (χ4v) is 3.64. The summed E-state index contributed by atoms with van der Waals surface area (Å²) in [6.07, 6.45) is 0. The molecular weight excluding hydrogens is 378 g/mol. The summed E-state index contributed by atoms with van der Waals surface area (Å²) >= 11 is 8.63. The van der Waals surface area contributed by atoms with Gasteiger partial charge in [-0.1, -0.05) is 22.0 Å².